The monoisotopic (exact) mass is 318 g/mol. The maximum atomic E-state index is 11.6. The molecule has 0 saturated heterocycles. The maximum absolute atomic E-state index is 11.6. The Kier molecular flexibility index (Phi) is 5.68. The van der Waals surface area contributed by atoms with Gasteiger partial charge in [-0.2, -0.15) is 0 Å². The number of benzene rings is 1. The highest BCUT2D eigenvalue weighted by atomic mass is 16.5. The lowest BCUT2D eigenvalue weighted by Crippen LogP contribution is -2.21. The molecule has 0 saturated carbocycles. The molecular weight excluding hydrogens is 288 g/mol. The Hall–Kier alpha value is -1.77. The van der Waals surface area contributed by atoms with Gasteiger partial charge in [0.2, 0.25) is 0 Å². The van der Waals surface area contributed by atoms with Crippen molar-refractivity contribution in [3.63, 3.8) is 0 Å². The van der Waals surface area contributed by atoms with Crippen LogP contribution < -0.4 is 9.47 Å². The van der Waals surface area contributed by atoms with E-state index >= 15 is 0 Å². The Morgan fingerprint density at radius 2 is 1.35 bits per heavy atom. The molecule has 0 aliphatic rings. The normalized spacial score (nSPS) is 13.0. The molecule has 0 spiro atoms. The molecule has 1 rings (SSSR count). The number of rotatable bonds is 3. The fraction of sp³-hybridized carbons (Fsp3) is 0.550. The molecule has 0 amide bonds. The number of hydrogen-bond acceptors (Lipinski definition) is 3. The minimum absolute atomic E-state index is 0.173. The third-order valence-corrected chi connectivity index (χ3v) is 3.61. The van der Waals surface area contributed by atoms with Gasteiger partial charge in [-0.15, -0.1) is 0 Å². The molecule has 3 heteroatoms. The number of carbonyl (C=O) groups excluding carboxylic acids is 1. The van der Waals surface area contributed by atoms with Crippen LogP contribution in [0.25, 0.3) is 0 Å². The third kappa shape index (κ3) is 5.12. The van der Waals surface area contributed by atoms with Crippen LogP contribution in [0.3, 0.4) is 0 Å². The summed E-state index contributed by atoms with van der Waals surface area (Å²) < 4.78 is 11.5. The molecule has 0 radical (unpaired) electrons. The minimum Gasteiger partial charge on any atom is -0.462 e. The summed E-state index contributed by atoms with van der Waals surface area (Å²) in [4.78, 5) is 11.6. The second-order valence-corrected chi connectivity index (χ2v) is 7.94. The van der Waals surface area contributed by atoms with Crippen molar-refractivity contribution < 1.29 is 14.3 Å². The van der Waals surface area contributed by atoms with Crippen molar-refractivity contribution in [2.45, 2.75) is 73.1 Å². The third-order valence-electron chi connectivity index (χ3n) is 3.61. The predicted octanol–water partition coefficient (Wildman–Crippen LogP) is 5.51. The average Bonchev–Trinajstić information content (AvgIpc) is 2.36. The van der Waals surface area contributed by atoms with Crippen LogP contribution in [0.1, 0.15) is 73.4 Å². The fourth-order valence-electron chi connectivity index (χ4n) is 2.27. The zero-order chi connectivity index (χ0) is 18.0. The van der Waals surface area contributed by atoms with Crippen LogP contribution in [0.2, 0.25) is 0 Å². The standard InChI is InChI=1S/C20H30O3/c1-10-13(2)22-15-11-16(19(4,5)6)18(23-14(3)21)17(12-15)20(7,8)9/h10-12H,1-9H3. The van der Waals surface area contributed by atoms with E-state index in [2.05, 4.69) is 41.5 Å². The summed E-state index contributed by atoms with van der Waals surface area (Å²) in [5.74, 6) is 1.96. The molecule has 128 valence electrons. The lowest BCUT2D eigenvalue weighted by Gasteiger charge is -2.29. The van der Waals surface area contributed by atoms with Crippen LogP contribution in [0.5, 0.6) is 11.5 Å². The summed E-state index contributed by atoms with van der Waals surface area (Å²) in [7, 11) is 0. The summed E-state index contributed by atoms with van der Waals surface area (Å²) in [6, 6.07) is 3.95. The molecule has 0 N–H and O–H groups in total. The zero-order valence-electron chi connectivity index (χ0n) is 16.0. The quantitative estimate of drug-likeness (QED) is 0.419. The lowest BCUT2D eigenvalue weighted by molar-refractivity contribution is -0.132. The largest absolute Gasteiger partial charge is 0.462 e. The molecule has 1 aromatic carbocycles. The van der Waals surface area contributed by atoms with Gasteiger partial charge in [-0.25, -0.2) is 0 Å². The van der Waals surface area contributed by atoms with E-state index in [1.165, 1.54) is 6.92 Å². The van der Waals surface area contributed by atoms with E-state index in [9.17, 15) is 4.79 Å². The number of hydrogen-bond donors (Lipinski definition) is 0. The topological polar surface area (TPSA) is 35.5 Å². The number of esters is 1. The van der Waals surface area contributed by atoms with Crippen molar-refractivity contribution in [1.29, 1.82) is 0 Å². The molecule has 0 aliphatic heterocycles. The predicted molar refractivity (Wildman–Crippen MR) is 95.2 cm³/mol. The average molecular weight is 318 g/mol. The van der Waals surface area contributed by atoms with Crippen molar-refractivity contribution in [2.75, 3.05) is 0 Å². The Balaban J connectivity index is 3.68. The van der Waals surface area contributed by atoms with Crippen LogP contribution in [-0.2, 0) is 15.6 Å². The van der Waals surface area contributed by atoms with E-state index in [-0.39, 0.29) is 16.8 Å². The summed E-state index contributed by atoms with van der Waals surface area (Å²) in [5, 5.41) is 0. The van der Waals surface area contributed by atoms with Crippen molar-refractivity contribution in [2.24, 2.45) is 0 Å². The molecule has 0 aromatic heterocycles. The van der Waals surface area contributed by atoms with Gasteiger partial charge in [0.25, 0.3) is 0 Å². The van der Waals surface area contributed by atoms with Crippen molar-refractivity contribution in [3.05, 3.63) is 35.1 Å². The lowest BCUT2D eigenvalue weighted by atomic mass is 9.79. The second-order valence-electron chi connectivity index (χ2n) is 7.94. The Morgan fingerprint density at radius 1 is 0.913 bits per heavy atom. The molecule has 23 heavy (non-hydrogen) atoms. The number of allylic oxidation sites excluding steroid dienone is 2. The molecule has 1 aromatic rings. The number of carbonyl (C=O) groups is 1. The van der Waals surface area contributed by atoms with Crippen LogP contribution in [0.15, 0.2) is 24.0 Å². The molecule has 0 fully saturated rings. The van der Waals surface area contributed by atoms with Crippen molar-refractivity contribution in [3.8, 4) is 11.5 Å². The van der Waals surface area contributed by atoms with Gasteiger partial charge in [-0.1, -0.05) is 41.5 Å². The highest BCUT2D eigenvalue weighted by molar-refractivity contribution is 5.71. The van der Waals surface area contributed by atoms with Gasteiger partial charge in [0.1, 0.15) is 11.5 Å². The molecule has 0 unspecified atom stereocenters. The van der Waals surface area contributed by atoms with Gasteiger partial charge >= 0.3 is 5.97 Å². The zero-order valence-corrected chi connectivity index (χ0v) is 16.0. The van der Waals surface area contributed by atoms with E-state index in [1.807, 2.05) is 32.1 Å². The summed E-state index contributed by atoms with van der Waals surface area (Å²) in [6.45, 7) is 17.9. The Bertz CT molecular complexity index is 576. The first-order chi connectivity index (χ1) is 10.4. The Labute approximate surface area is 140 Å². The first-order valence-electron chi connectivity index (χ1n) is 8.04. The van der Waals surface area contributed by atoms with Crippen LogP contribution in [-0.4, -0.2) is 5.97 Å². The van der Waals surface area contributed by atoms with Gasteiger partial charge in [0, 0.05) is 18.1 Å². The van der Waals surface area contributed by atoms with Crippen LogP contribution >= 0.6 is 0 Å². The summed E-state index contributed by atoms with van der Waals surface area (Å²) >= 11 is 0. The van der Waals surface area contributed by atoms with Crippen LogP contribution in [0, 0.1) is 0 Å². The summed E-state index contributed by atoms with van der Waals surface area (Å²) in [5.41, 5.74) is 1.60. The minimum atomic E-state index is -0.306. The molecule has 0 bridgehead atoms. The highest BCUT2D eigenvalue weighted by Crippen LogP contribution is 2.42. The smallest absolute Gasteiger partial charge is 0.308 e. The van der Waals surface area contributed by atoms with E-state index in [1.54, 1.807) is 0 Å². The van der Waals surface area contributed by atoms with E-state index < -0.39 is 0 Å². The van der Waals surface area contributed by atoms with E-state index in [0.29, 0.717) is 5.75 Å². The highest BCUT2D eigenvalue weighted by Gasteiger charge is 2.29. The molecular formula is C20H30O3. The number of ether oxygens (including phenoxy) is 2. The SMILES string of the molecule is CC=C(C)Oc1cc(C(C)(C)C)c(OC(C)=O)c(C(C)(C)C)c1. The first-order valence-corrected chi connectivity index (χ1v) is 8.04. The van der Waals surface area contributed by atoms with Gasteiger partial charge < -0.3 is 9.47 Å². The van der Waals surface area contributed by atoms with Crippen molar-refractivity contribution >= 4 is 5.97 Å². The van der Waals surface area contributed by atoms with Gasteiger partial charge in [-0.3, -0.25) is 4.79 Å². The first kappa shape index (κ1) is 19.3. The molecule has 0 atom stereocenters. The molecule has 3 nitrogen and oxygen atoms in total. The van der Waals surface area contributed by atoms with Crippen LogP contribution in [0.4, 0.5) is 0 Å². The van der Waals surface area contributed by atoms with E-state index in [0.717, 1.165) is 22.6 Å². The fourth-order valence-corrected chi connectivity index (χ4v) is 2.27. The Morgan fingerprint density at radius 3 is 1.65 bits per heavy atom. The summed E-state index contributed by atoms with van der Waals surface area (Å²) in [6.07, 6.45) is 1.92. The second kappa shape index (κ2) is 6.77. The van der Waals surface area contributed by atoms with Gasteiger partial charge in [-0.05, 0) is 42.9 Å². The maximum Gasteiger partial charge on any atom is 0.308 e. The molecule has 0 aliphatic carbocycles. The van der Waals surface area contributed by atoms with Gasteiger partial charge in [0.15, 0.2) is 0 Å². The van der Waals surface area contributed by atoms with Crippen molar-refractivity contribution in [1.82, 2.24) is 0 Å². The van der Waals surface area contributed by atoms with Gasteiger partial charge in [0.05, 0.1) is 5.76 Å². The molecule has 0 heterocycles. The van der Waals surface area contributed by atoms with E-state index in [4.69, 9.17) is 9.47 Å².